The molecule has 1 atom stereocenters. The van der Waals surface area contributed by atoms with E-state index in [9.17, 15) is 27.6 Å². The molecule has 1 rings (SSSR count). The molecule has 0 bridgehead atoms. The van der Waals surface area contributed by atoms with Crippen LogP contribution >= 0.6 is 0 Å². The van der Waals surface area contributed by atoms with E-state index in [1.54, 1.807) is 34.6 Å². The van der Waals surface area contributed by atoms with E-state index >= 15 is 0 Å². The van der Waals surface area contributed by atoms with E-state index in [1.807, 2.05) is 0 Å². The van der Waals surface area contributed by atoms with Crippen LogP contribution in [0.4, 0.5) is 13.2 Å². The van der Waals surface area contributed by atoms with Crippen LogP contribution in [0.3, 0.4) is 0 Å². The average molecular weight is 422 g/mol. The number of carbonyl (C=O) groups excluding carboxylic acids is 3. The molecule has 0 aliphatic carbocycles. The molecule has 164 valence electrons. The van der Waals surface area contributed by atoms with E-state index in [1.165, 1.54) is 7.05 Å². The molecule has 0 saturated carbocycles. The van der Waals surface area contributed by atoms with Crippen molar-refractivity contribution in [1.29, 1.82) is 0 Å². The lowest BCUT2D eigenvalue weighted by molar-refractivity contribution is -0.206. The van der Waals surface area contributed by atoms with Gasteiger partial charge in [0.25, 0.3) is 0 Å². The number of ether oxygens (including phenoxy) is 3. The molecule has 0 radical (unpaired) electrons. The molecule has 0 spiro atoms. The largest absolute Gasteiger partial charge is 0.490 e. The second-order valence-electron chi connectivity index (χ2n) is 6.91. The Balaban J connectivity index is 3.55. The Kier molecular flexibility index (Phi) is 7.84. The molecule has 29 heavy (non-hydrogen) atoms. The maximum absolute atomic E-state index is 12.6. The molecular weight excluding hydrogens is 397 g/mol. The fraction of sp³-hybridized carbons (Fsp3) is 0.611. The highest BCUT2D eigenvalue weighted by Crippen LogP contribution is 2.30. The Hall–Kier alpha value is -2.56. The van der Waals surface area contributed by atoms with Gasteiger partial charge in [-0.3, -0.25) is 5.32 Å². The summed E-state index contributed by atoms with van der Waals surface area (Å²) in [6, 6.07) is 0. The normalized spacial score (nSPS) is 13.0. The number of nitrogens with one attached hydrogen (secondary N) is 2. The summed E-state index contributed by atoms with van der Waals surface area (Å²) in [6.45, 7) is 8.07. The number of hydrogen-bond acceptors (Lipinski definition) is 7. The van der Waals surface area contributed by atoms with Crippen LogP contribution in [-0.2, 0) is 25.4 Å². The van der Waals surface area contributed by atoms with E-state index in [2.05, 4.69) is 15.0 Å². The number of aromatic amines is 1. The first-order valence-corrected chi connectivity index (χ1v) is 8.87. The third-order valence-corrected chi connectivity index (χ3v) is 3.55. The second kappa shape index (κ2) is 9.29. The molecule has 0 amide bonds. The zero-order valence-electron chi connectivity index (χ0n) is 17.1. The smallest absolute Gasteiger partial charge is 0.462 e. The van der Waals surface area contributed by atoms with Crippen LogP contribution in [0.1, 0.15) is 73.0 Å². The van der Waals surface area contributed by atoms with Gasteiger partial charge in [-0.1, -0.05) is 6.92 Å². The predicted octanol–water partition coefficient (Wildman–Crippen LogP) is 3.03. The number of alkyl halides is 3. The molecule has 0 aromatic carbocycles. The molecular formula is C18H25F3N2O6. The van der Waals surface area contributed by atoms with E-state index < -0.39 is 35.9 Å². The lowest BCUT2D eigenvalue weighted by Gasteiger charge is -2.19. The molecule has 0 saturated heterocycles. The quantitative estimate of drug-likeness (QED) is 0.395. The van der Waals surface area contributed by atoms with Gasteiger partial charge in [-0.2, -0.15) is 13.2 Å². The number of aromatic nitrogens is 1. The van der Waals surface area contributed by atoms with Gasteiger partial charge in [0.15, 0.2) is 6.23 Å². The van der Waals surface area contributed by atoms with Crippen LogP contribution in [0.15, 0.2) is 0 Å². The summed E-state index contributed by atoms with van der Waals surface area (Å²) in [7, 11) is 1.23. The SMILES string of the molecule is CCOC(=O)c1c(C(NC)OC(=O)C(F)(F)F)[nH]c(C(=O)OC(C)(C)C)c1CC. The van der Waals surface area contributed by atoms with Crippen LogP contribution in [-0.4, -0.2) is 48.3 Å². The van der Waals surface area contributed by atoms with Crippen LogP contribution in [0.5, 0.6) is 0 Å². The van der Waals surface area contributed by atoms with Crippen molar-refractivity contribution in [3.8, 4) is 0 Å². The summed E-state index contributed by atoms with van der Waals surface area (Å²) >= 11 is 0. The molecule has 11 heteroatoms. The molecule has 1 unspecified atom stereocenters. The molecule has 8 nitrogen and oxygen atoms in total. The second-order valence-corrected chi connectivity index (χ2v) is 6.91. The zero-order valence-corrected chi connectivity index (χ0v) is 17.1. The van der Waals surface area contributed by atoms with Crippen molar-refractivity contribution >= 4 is 17.9 Å². The molecule has 1 aromatic heterocycles. The van der Waals surface area contributed by atoms with E-state index in [0.29, 0.717) is 0 Å². The van der Waals surface area contributed by atoms with E-state index in [-0.39, 0.29) is 35.5 Å². The standard InChI is InChI=1S/C18H25F3N2O6/c1-7-9-10(14(24)27-8-2)12(13(22-6)28-16(26)18(19,20)21)23-11(9)15(25)29-17(3,4)5/h13,22-23H,7-8H2,1-6H3. The van der Waals surface area contributed by atoms with Gasteiger partial charge in [0.2, 0.25) is 0 Å². The molecule has 2 N–H and O–H groups in total. The fourth-order valence-corrected chi connectivity index (χ4v) is 2.49. The molecule has 1 heterocycles. The number of esters is 3. The first-order chi connectivity index (χ1) is 13.3. The Labute approximate surface area is 166 Å². The Morgan fingerprint density at radius 2 is 1.69 bits per heavy atom. The van der Waals surface area contributed by atoms with Crippen LogP contribution < -0.4 is 5.32 Å². The van der Waals surface area contributed by atoms with Gasteiger partial charge in [-0.25, -0.2) is 14.4 Å². The number of carbonyl (C=O) groups is 3. The number of H-pyrrole nitrogens is 1. The van der Waals surface area contributed by atoms with Crippen molar-refractivity contribution in [3.05, 3.63) is 22.5 Å². The number of halogens is 3. The van der Waals surface area contributed by atoms with Gasteiger partial charge in [-0.05, 0) is 46.7 Å². The lowest BCUT2D eigenvalue weighted by atomic mass is 10.0. The van der Waals surface area contributed by atoms with Crippen LogP contribution in [0.2, 0.25) is 0 Å². The summed E-state index contributed by atoms with van der Waals surface area (Å²) in [5, 5.41) is 2.38. The monoisotopic (exact) mass is 422 g/mol. The van der Waals surface area contributed by atoms with Crippen molar-refractivity contribution < 1.29 is 41.8 Å². The number of hydrogen-bond donors (Lipinski definition) is 2. The van der Waals surface area contributed by atoms with Crippen molar-refractivity contribution in [2.24, 2.45) is 0 Å². The summed E-state index contributed by atoms with van der Waals surface area (Å²) in [5.41, 5.74) is -1.26. The molecule has 0 aliphatic heterocycles. The van der Waals surface area contributed by atoms with Gasteiger partial charge in [0.1, 0.15) is 11.3 Å². The van der Waals surface area contributed by atoms with Crippen LogP contribution in [0.25, 0.3) is 0 Å². The summed E-state index contributed by atoms with van der Waals surface area (Å²) in [6.07, 6.45) is -6.78. The summed E-state index contributed by atoms with van der Waals surface area (Å²) in [5.74, 6) is -4.16. The molecule has 1 aromatic rings. The molecule has 0 aliphatic rings. The lowest BCUT2D eigenvalue weighted by Crippen LogP contribution is -2.32. The molecule has 0 fully saturated rings. The minimum Gasteiger partial charge on any atom is -0.462 e. The van der Waals surface area contributed by atoms with Crippen molar-refractivity contribution in [2.75, 3.05) is 13.7 Å². The maximum Gasteiger partial charge on any atom is 0.490 e. The highest BCUT2D eigenvalue weighted by atomic mass is 19.4. The highest BCUT2D eigenvalue weighted by Gasteiger charge is 2.43. The van der Waals surface area contributed by atoms with Gasteiger partial charge in [0, 0.05) is 0 Å². The zero-order chi connectivity index (χ0) is 22.6. The first-order valence-electron chi connectivity index (χ1n) is 8.87. The first kappa shape index (κ1) is 24.5. The van der Waals surface area contributed by atoms with Gasteiger partial charge in [-0.15, -0.1) is 0 Å². The van der Waals surface area contributed by atoms with Gasteiger partial charge in [0.05, 0.1) is 17.9 Å². The summed E-state index contributed by atoms with van der Waals surface area (Å²) in [4.78, 5) is 38.9. The Bertz CT molecular complexity index is 765. The Morgan fingerprint density at radius 3 is 2.10 bits per heavy atom. The topological polar surface area (TPSA) is 107 Å². The fourth-order valence-electron chi connectivity index (χ4n) is 2.49. The third-order valence-electron chi connectivity index (χ3n) is 3.55. The minimum absolute atomic E-state index is 0.0130. The van der Waals surface area contributed by atoms with Crippen molar-refractivity contribution in [1.82, 2.24) is 10.3 Å². The minimum atomic E-state index is -5.24. The predicted molar refractivity (Wildman–Crippen MR) is 95.2 cm³/mol. The number of rotatable bonds is 7. The maximum atomic E-state index is 12.6. The Morgan fingerprint density at radius 1 is 1.10 bits per heavy atom. The van der Waals surface area contributed by atoms with Gasteiger partial charge < -0.3 is 19.2 Å². The van der Waals surface area contributed by atoms with Gasteiger partial charge >= 0.3 is 24.1 Å². The van der Waals surface area contributed by atoms with Crippen molar-refractivity contribution in [2.45, 2.75) is 59.0 Å². The van der Waals surface area contributed by atoms with Crippen LogP contribution in [0, 0.1) is 0 Å². The highest BCUT2D eigenvalue weighted by molar-refractivity contribution is 5.99. The van der Waals surface area contributed by atoms with E-state index in [4.69, 9.17) is 9.47 Å². The third kappa shape index (κ3) is 6.21. The van der Waals surface area contributed by atoms with E-state index in [0.717, 1.165) is 0 Å². The summed E-state index contributed by atoms with van der Waals surface area (Å²) < 4.78 is 52.6. The van der Waals surface area contributed by atoms with Crippen molar-refractivity contribution in [3.63, 3.8) is 0 Å². The average Bonchev–Trinajstić information content (AvgIpc) is 2.96.